The lowest BCUT2D eigenvalue weighted by Gasteiger charge is -2.45. The Kier molecular flexibility index (Phi) is 5.14. The van der Waals surface area contributed by atoms with Crippen LogP contribution in [0, 0.1) is 18.8 Å². The lowest BCUT2D eigenvalue weighted by Crippen LogP contribution is -2.41. The van der Waals surface area contributed by atoms with E-state index in [9.17, 15) is 19.2 Å². The molecule has 6 heteroatoms. The molecule has 36 heavy (non-hydrogen) atoms. The van der Waals surface area contributed by atoms with E-state index >= 15 is 0 Å². The van der Waals surface area contributed by atoms with Crippen molar-refractivity contribution in [1.29, 1.82) is 0 Å². The number of rotatable bonds is 5. The third-order valence-corrected chi connectivity index (χ3v) is 7.84. The van der Waals surface area contributed by atoms with Crippen molar-refractivity contribution in [3.63, 3.8) is 0 Å². The molecule has 1 aliphatic heterocycles. The number of carbonyl (C=O) groups excluding carboxylic acids is 4. The maximum atomic E-state index is 13.6. The van der Waals surface area contributed by atoms with Crippen LogP contribution in [0.5, 0.6) is 0 Å². The summed E-state index contributed by atoms with van der Waals surface area (Å²) in [5.74, 6) is -3.36. The monoisotopic (exact) mass is 479 g/mol. The number of likely N-dealkylation sites (tertiary alicyclic amines) is 1. The van der Waals surface area contributed by atoms with E-state index in [1.54, 1.807) is 12.1 Å². The molecule has 3 atom stereocenters. The average molecular weight is 480 g/mol. The summed E-state index contributed by atoms with van der Waals surface area (Å²) in [6.45, 7) is 2.92. The molecule has 0 N–H and O–H groups in total. The van der Waals surface area contributed by atoms with Crippen LogP contribution < -0.4 is 0 Å². The molecule has 0 aromatic heterocycles. The summed E-state index contributed by atoms with van der Waals surface area (Å²) in [7, 11) is 0. The zero-order valence-corrected chi connectivity index (χ0v) is 20.0. The summed E-state index contributed by atoms with van der Waals surface area (Å²) in [5, 5.41) is 0. The Morgan fingerprint density at radius 2 is 1.22 bits per heavy atom. The van der Waals surface area contributed by atoms with Crippen molar-refractivity contribution in [3.05, 3.63) is 106 Å². The van der Waals surface area contributed by atoms with Crippen molar-refractivity contribution in [1.82, 2.24) is 4.90 Å². The first-order chi connectivity index (χ1) is 17.4. The lowest BCUT2D eigenvalue weighted by atomic mass is 9.55. The number of benzene rings is 3. The van der Waals surface area contributed by atoms with Gasteiger partial charge in [0.1, 0.15) is 6.54 Å². The van der Waals surface area contributed by atoms with Crippen molar-refractivity contribution in [2.24, 2.45) is 11.8 Å². The predicted molar refractivity (Wildman–Crippen MR) is 131 cm³/mol. The summed E-state index contributed by atoms with van der Waals surface area (Å²) >= 11 is 0. The van der Waals surface area contributed by atoms with Crippen LogP contribution in [0.15, 0.2) is 72.8 Å². The molecule has 1 saturated heterocycles. The molecule has 0 spiro atoms. The SMILES string of the molecule is Cc1ccc(C(=O)C(C)OC(=O)CN2C(=O)C3C4c5ccccc5C(c5ccccc54)C3C2=O)cc1. The lowest BCUT2D eigenvalue weighted by molar-refractivity contribution is -0.154. The van der Waals surface area contributed by atoms with Crippen LogP contribution in [0.3, 0.4) is 0 Å². The molecular formula is C30H25NO5. The molecule has 0 saturated carbocycles. The number of hydrogen-bond donors (Lipinski definition) is 0. The Bertz CT molecular complexity index is 1310. The highest BCUT2D eigenvalue weighted by Gasteiger charge is 2.61. The van der Waals surface area contributed by atoms with Crippen molar-refractivity contribution >= 4 is 23.6 Å². The van der Waals surface area contributed by atoms with E-state index in [2.05, 4.69) is 0 Å². The van der Waals surface area contributed by atoms with Gasteiger partial charge in [-0.2, -0.15) is 0 Å². The summed E-state index contributed by atoms with van der Waals surface area (Å²) in [6.07, 6.45) is -1.03. The number of nitrogens with zero attached hydrogens (tertiary/aromatic N) is 1. The van der Waals surface area contributed by atoms with E-state index in [-0.39, 0.29) is 29.4 Å². The van der Waals surface area contributed by atoms with Gasteiger partial charge in [0.25, 0.3) is 0 Å². The summed E-state index contributed by atoms with van der Waals surface area (Å²) in [5.41, 5.74) is 5.75. The Hall–Kier alpha value is -4.06. The number of ketones is 1. The highest BCUT2D eigenvalue weighted by molar-refractivity contribution is 6.09. The number of Topliss-reactive ketones (excluding diaryl/α,β-unsaturated/α-hetero) is 1. The average Bonchev–Trinajstić information content (AvgIpc) is 3.14. The molecule has 1 heterocycles. The van der Waals surface area contributed by atoms with Gasteiger partial charge in [-0.3, -0.25) is 24.1 Å². The Balaban J connectivity index is 1.25. The largest absolute Gasteiger partial charge is 0.453 e. The summed E-state index contributed by atoms with van der Waals surface area (Å²) in [6, 6.07) is 23.0. The smallest absolute Gasteiger partial charge is 0.326 e. The number of esters is 1. The minimum Gasteiger partial charge on any atom is -0.453 e. The number of aryl methyl sites for hydroxylation is 1. The number of amides is 2. The van der Waals surface area contributed by atoms with Gasteiger partial charge in [0, 0.05) is 17.4 Å². The minimum absolute atomic E-state index is 0.230. The Morgan fingerprint density at radius 1 is 0.778 bits per heavy atom. The molecule has 3 aliphatic carbocycles. The van der Waals surface area contributed by atoms with Crippen molar-refractivity contribution in [2.45, 2.75) is 31.8 Å². The van der Waals surface area contributed by atoms with Crippen LogP contribution in [0.2, 0.25) is 0 Å². The van der Waals surface area contributed by atoms with E-state index in [4.69, 9.17) is 4.74 Å². The number of carbonyl (C=O) groups is 4. The first-order valence-corrected chi connectivity index (χ1v) is 12.2. The standard InChI is InChI=1S/C30H25NO5/c1-16-11-13-18(14-12-16)28(33)17(2)36-23(32)15-31-29(34)26-24-19-7-3-4-8-20(19)25(27(26)30(31)35)22-10-6-5-9-21(22)24/h3-14,17,24-27H,15H2,1-2H3. The molecule has 3 aromatic carbocycles. The molecule has 180 valence electrons. The highest BCUT2D eigenvalue weighted by atomic mass is 16.5. The van der Waals surface area contributed by atoms with Crippen molar-refractivity contribution in [3.8, 4) is 0 Å². The quantitative estimate of drug-likeness (QED) is 0.314. The van der Waals surface area contributed by atoms with Gasteiger partial charge in [-0.1, -0.05) is 78.4 Å². The highest BCUT2D eigenvalue weighted by Crippen LogP contribution is 2.60. The fraction of sp³-hybridized carbons (Fsp3) is 0.267. The van der Waals surface area contributed by atoms with Crippen LogP contribution in [0.25, 0.3) is 0 Å². The molecule has 4 aliphatic rings. The van der Waals surface area contributed by atoms with Gasteiger partial charge < -0.3 is 4.74 Å². The molecule has 2 amide bonds. The summed E-state index contributed by atoms with van der Waals surface area (Å²) < 4.78 is 5.37. The Morgan fingerprint density at radius 3 is 1.67 bits per heavy atom. The molecule has 3 unspecified atom stereocenters. The number of ether oxygens (including phenoxy) is 1. The number of hydrogen-bond acceptors (Lipinski definition) is 5. The molecule has 6 nitrogen and oxygen atoms in total. The third-order valence-electron chi connectivity index (χ3n) is 7.84. The second kappa shape index (κ2) is 8.26. The zero-order chi connectivity index (χ0) is 25.1. The normalized spacial score (nSPS) is 24.1. The van der Waals surface area contributed by atoms with E-state index in [1.807, 2.05) is 67.6 Å². The van der Waals surface area contributed by atoms with Gasteiger partial charge in [0.2, 0.25) is 17.6 Å². The van der Waals surface area contributed by atoms with E-state index < -0.39 is 30.5 Å². The Labute approximate surface area is 208 Å². The maximum Gasteiger partial charge on any atom is 0.326 e. The van der Waals surface area contributed by atoms with Crippen molar-refractivity contribution < 1.29 is 23.9 Å². The second-order valence-electron chi connectivity index (χ2n) is 9.89. The molecule has 2 bridgehead atoms. The van der Waals surface area contributed by atoms with Gasteiger partial charge in [-0.05, 0) is 36.1 Å². The molecule has 1 fully saturated rings. The van der Waals surface area contributed by atoms with Crippen LogP contribution in [0.1, 0.15) is 56.9 Å². The van der Waals surface area contributed by atoms with Crippen LogP contribution in [-0.4, -0.2) is 41.1 Å². The topological polar surface area (TPSA) is 80.8 Å². The second-order valence-corrected chi connectivity index (χ2v) is 9.89. The molecule has 3 aromatic rings. The van der Waals surface area contributed by atoms with E-state index in [0.29, 0.717) is 5.56 Å². The maximum absolute atomic E-state index is 13.6. The van der Waals surface area contributed by atoms with Crippen molar-refractivity contribution in [2.75, 3.05) is 6.54 Å². The van der Waals surface area contributed by atoms with Gasteiger partial charge in [0.05, 0.1) is 11.8 Å². The van der Waals surface area contributed by atoms with E-state index in [1.165, 1.54) is 6.92 Å². The molecular weight excluding hydrogens is 454 g/mol. The van der Waals surface area contributed by atoms with E-state index in [0.717, 1.165) is 32.7 Å². The predicted octanol–water partition coefficient (Wildman–Crippen LogP) is 4.00. The molecule has 7 rings (SSSR count). The molecule has 0 radical (unpaired) electrons. The van der Waals surface area contributed by atoms with Gasteiger partial charge in [-0.25, -0.2) is 0 Å². The summed E-state index contributed by atoms with van der Waals surface area (Å²) in [4.78, 5) is 53.7. The van der Waals surface area contributed by atoms with Gasteiger partial charge in [-0.15, -0.1) is 0 Å². The van der Waals surface area contributed by atoms with Crippen LogP contribution >= 0.6 is 0 Å². The first kappa shape index (κ1) is 22.4. The number of imide groups is 1. The van der Waals surface area contributed by atoms with Crippen LogP contribution in [0.4, 0.5) is 0 Å². The fourth-order valence-corrected chi connectivity index (χ4v) is 6.26. The van der Waals surface area contributed by atoms with Gasteiger partial charge >= 0.3 is 5.97 Å². The minimum atomic E-state index is -1.03. The fourth-order valence-electron chi connectivity index (χ4n) is 6.26. The van der Waals surface area contributed by atoms with Crippen LogP contribution in [-0.2, 0) is 19.1 Å². The first-order valence-electron chi connectivity index (χ1n) is 12.2. The zero-order valence-electron chi connectivity index (χ0n) is 20.0. The third kappa shape index (κ3) is 3.24. The van der Waals surface area contributed by atoms with Gasteiger partial charge in [0.15, 0.2) is 6.10 Å².